The van der Waals surface area contributed by atoms with Crippen molar-refractivity contribution in [3.8, 4) is 34.2 Å². The Morgan fingerprint density at radius 1 is 1.14 bits per heavy atom. The van der Waals surface area contributed by atoms with Crippen molar-refractivity contribution in [2.45, 2.75) is 0 Å². The largest absolute Gasteiger partial charge is 0.478 e. The molecule has 0 spiro atoms. The van der Waals surface area contributed by atoms with Gasteiger partial charge in [-0.05, 0) is 47.3 Å². The summed E-state index contributed by atoms with van der Waals surface area (Å²) in [5.41, 5.74) is 1.44. The molecule has 36 heavy (non-hydrogen) atoms. The third kappa shape index (κ3) is 5.22. The van der Waals surface area contributed by atoms with Gasteiger partial charge < -0.3 is 19.9 Å². The van der Waals surface area contributed by atoms with Gasteiger partial charge >= 0.3 is 5.97 Å². The minimum atomic E-state index is -1.13. The van der Waals surface area contributed by atoms with E-state index < -0.39 is 17.7 Å². The van der Waals surface area contributed by atoms with E-state index in [1.807, 2.05) is 0 Å². The molecule has 4 rings (SSSR count). The number of aromatic carboxylic acids is 1. The Morgan fingerprint density at radius 3 is 2.67 bits per heavy atom. The van der Waals surface area contributed by atoms with Crippen LogP contribution in [0, 0.1) is 17.1 Å². The highest BCUT2D eigenvalue weighted by molar-refractivity contribution is 7.12. The zero-order valence-corrected chi connectivity index (χ0v) is 19.6. The first-order chi connectivity index (χ1) is 17.4. The van der Waals surface area contributed by atoms with Crippen LogP contribution in [0.2, 0.25) is 0 Å². The van der Waals surface area contributed by atoms with Crippen molar-refractivity contribution in [1.29, 1.82) is 5.26 Å². The number of carbonyl (C=O) groups excluding carboxylic acids is 1. The normalized spacial score (nSPS) is 10.5. The number of amides is 1. The van der Waals surface area contributed by atoms with Crippen molar-refractivity contribution in [1.82, 2.24) is 4.98 Å². The summed E-state index contributed by atoms with van der Waals surface area (Å²) in [6.45, 7) is -0.151. The number of rotatable bonds is 8. The van der Waals surface area contributed by atoms with Gasteiger partial charge in [0.1, 0.15) is 23.2 Å². The van der Waals surface area contributed by atoms with Crippen molar-refractivity contribution in [3.63, 3.8) is 0 Å². The maximum atomic E-state index is 14.0. The first-order valence-electron chi connectivity index (χ1n) is 10.5. The SMILES string of the molecule is COCOc1cc(F)ccc1-c1cc(-c2cccc(C(=O)O)c2)c(C#N)c(NC(=O)c2cccs2)n1. The van der Waals surface area contributed by atoms with Gasteiger partial charge in [0.2, 0.25) is 0 Å². The fourth-order valence-electron chi connectivity index (χ4n) is 3.46. The first kappa shape index (κ1) is 24.5. The van der Waals surface area contributed by atoms with Gasteiger partial charge in [-0.15, -0.1) is 11.3 Å². The Hall–Kier alpha value is -4.59. The quantitative estimate of drug-likeness (QED) is 0.308. The predicted octanol–water partition coefficient (Wildman–Crippen LogP) is 5.42. The third-order valence-corrected chi connectivity index (χ3v) is 5.95. The van der Waals surface area contributed by atoms with Gasteiger partial charge in [-0.2, -0.15) is 5.26 Å². The van der Waals surface area contributed by atoms with Crippen LogP contribution in [0.25, 0.3) is 22.4 Å². The second kappa shape index (κ2) is 10.8. The monoisotopic (exact) mass is 503 g/mol. The molecule has 0 bridgehead atoms. The molecular weight excluding hydrogens is 485 g/mol. The minimum Gasteiger partial charge on any atom is -0.478 e. The van der Waals surface area contributed by atoms with Gasteiger partial charge in [0, 0.05) is 24.3 Å². The highest BCUT2D eigenvalue weighted by atomic mass is 32.1. The van der Waals surface area contributed by atoms with E-state index in [2.05, 4.69) is 16.4 Å². The Kier molecular flexibility index (Phi) is 7.34. The molecule has 0 fully saturated rings. The van der Waals surface area contributed by atoms with Gasteiger partial charge in [-0.3, -0.25) is 4.79 Å². The van der Waals surface area contributed by atoms with E-state index in [0.29, 0.717) is 21.6 Å². The summed E-state index contributed by atoms with van der Waals surface area (Å²) >= 11 is 1.22. The predicted molar refractivity (Wildman–Crippen MR) is 132 cm³/mol. The number of nitrogens with zero attached hydrogens (tertiary/aromatic N) is 2. The van der Waals surface area contributed by atoms with Crippen molar-refractivity contribution in [3.05, 3.63) is 87.9 Å². The fourth-order valence-corrected chi connectivity index (χ4v) is 4.08. The molecule has 0 aliphatic rings. The van der Waals surface area contributed by atoms with Crippen molar-refractivity contribution in [2.75, 3.05) is 19.2 Å². The molecule has 2 N–H and O–H groups in total. The number of nitriles is 1. The molecule has 0 atom stereocenters. The van der Waals surface area contributed by atoms with E-state index in [4.69, 9.17) is 9.47 Å². The van der Waals surface area contributed by atoms with E-state index in [1.165, 1.54) is 48.8 Å². The Labute approximate surface area is 209 Å². The maximum Gasteiger partial charge on any atom is 0.335 e. The molecule has 8 nitrogen and oxygen atoms in total. The molecule has 180 valence electrons. The van der Waals surface area contributed by atoms with Crippen molar-refractivity contribution >= 4 is 29.0 Å². The number of ether oxygens (including phenoxy) is 2. The summed E-state index contributed by atoms with van der Waals surface area (Å²) in [6.07, 6.45) is 0. The topological polar surface area (TPSA) is 122 Å². The molecule has 0 unspecified atom stereocenters. The molecule has 10 heteroatoms. The molecule has 0 saturated heterocycles. The number of carbonyl (C=O) groups is 2. The number of pyridine rings is 1. The lowest BCUT2D eigenvalue weighted by molar-refractivity contribution is 0.0513. The number of carboxylic acid groups (broad SMARTS) is 1. The summed E-state index contributed by atoms with van der Waals surface area (Å²) in [4.78, 5) is 29.3. The molecule has 0 saturated carbocycles. The number of halogens is 1. The smallest absolute Gasteiger partial charge is 0.335 e. The fraction of sp³-hybridized carbons (Fsp3) is 0.0769. The second-order valence-electron chi connectivity index (χ2n) is 7.40. The average Bonchev–Trinajstić information content (AvgIpc) is 3.42. The summed E-state index contributed by atoms with van der Waals surface area (Å²) in [7, 11) is 1.42. The molecule has 1 amide bonds. The van der Waals surface area contributed by atoms with E-state index >= 15 is 0 Å². The number of thiophene rings is 1. The maximum absolute atomic E-state index is 14.0. The van der Waals surface area contributed by atoms with E-state index in [-0.39, 0.29) is 35.2 Å². The van der Waals surface area contributed by atoms with E-state index in [1.54, 1.807) is 35.7 Å². The van der Waals surface area contributed by atoms with Crippen molar-refractivity contribution < 1.29 is 28.6 Å². The second-order valence-corrected chi connectivity index (χ2v) is 8.35. The van der Waals surface area contributed by atoms with Crippen LogP contribution in [0.3, 0.4) is 0 Å². The average molecular weight is 504 g/mol. The number of carboxylic acids is 1. The van der Waals surface area contributed by atoms with Crippen LogP contribution in [0.15, 0.2) is 66.0 Å². The first-order valence-corrected chi connectivity index (χ1v) is 11.3. The highest BCUT2D eigenvalue weighted by Crippen LogP contribution is 2.36. The van der Waals surface area contributed by atoms with Crippen LogP contribution in [0.5, 0.6) is 5.75 Å². The van der Waals surface area contributed by atoms with Gasteiger partial charge in [-0.1, -0.05) is 18.2 Å². The number of methoxy groups -OCH3 is 1. The lowest BCUT2D eigenvalue weighted by Crippen LogP contribution is -2.14. The van der Waals surface area contributed by atoms with Gasteiger partial charge in [-0.25, -0.2) is 14.2 Å². The standard InChI is InChI=1S/C26H18FN3O5S/c1-34-14-35-22-11-17(27)7-8-18(22)21-12-19(15-4-2-5-16(10-15)26(32)33)20(13-28)24(29-21)30-25(31)23-6-3-9-36-23/h2-12H,14H2,1H3,(H,32,33)(H,29,30,31). The van der Waals surface area contributed by atoms with E-state index in [0.717, 1.165) is 0 Å². The van der Waals surface area contributed by atoms with Crippen LogP contribution >= 0.6 is 11.3 Å². The zero-order valence-electron chi connectivity index (χ0n) is 18.8. The highest BCUT2D eigenvalue weighted by Gasteiger charge is 2.21. The molecule has 0 aliphatic heterocycles. The number of anilines is 1. The van der Waals surface area contributed by atoms with Crippen LogP contribution in [0.1, 0.15) is 25.6 Å². The van der Waals surface area contributed by atoms with Gasteiger partial charge in [0.05, 0.1) is 16.1 Å². The molecule has 0 radical (unpaired) electrons. The number of benzene rings is 2. The summed E-state index contributed by atoms with van der Waals surface area (Å²) in [5.74, 6) is -2.05. The summed E-state index contributed by atoms with van der Waals surface area (Å²) in [5, 5.41) is 23.9. The lowest BCUT2D eigenvalue weighted by atomic mass is 9.96. The molecule has 2 heterocycles. The number of aromatic nitrogens is 1. The molecule has 0 aliphatic carbocycles. The summed E-state index contributed by atoms with van der Waals surface area (Å²) in [6, 6.07) is 16.9. The zero-order chi connectivity index (χ0) is 25.7. The molecule has 4 aromatic rings. The number of hydrogen-bond donors (Lipinski definition) is 2. The number of hydrogen-bond acceptors (Lipinski definition) is 7. The number of nitrogens with one attached hydrogen (secondary N) is 1. The van der Waals surface area contributed by atoms with E-state index in [9.17, 15) is 24.3 Å². The third-order valence-electron chi connectivity index (χ3n) is 5.08. The molecular formula is C26H18FN3O5S. The van der Waals surface area contributed by atoms with Crippen LogP contribution in [-0.2, 0) is 4.74 Å². The van der Waals surface area contributed by atoms with Crippen LogP contribution in [-0.4, -0.2) is 35.9 Å². The Balaban J connectivity index is 1.94. The van der Waals surface area contributed by atoms with Gasteiger partial charge in [0.25, 0.3) is 5.91 Å². The van der Waals surface area contributed by atoms with Crippen LogP contribution < -0.4 is 10.1 Å². The minimum absolute atomic E-state index is 0.0184. The molecule has 2 aromatic heterocycles. The van der Waals surface area contributed by atoms with Crippen molar-refractivity contribution in [2.24, 2.45) is 0 Å². The Morgan fingerprint density at radius 2 is 1.97 bits per heavy atom. The van der Waals surface area contributed by atoms with Crippen LogP contribution in [0.4, 0.5) is 10.2 Å². The van der Waals surface area contributed by atoms with Gasteiger partial charge in [0.15, 0.2) is 12.6 Å². The Bertz CT molecular complexity index is 1480. The summed E-state index contributed by atoms with van der Waals surface area (Å²) < 4.78 is 24.4. The molecule has 2 aromatic carbocycles. The lowest BCUT2D eigenvalue weighted by Gasteiger charge is -2.16.